The molecule has 2 N–H and O–H groups in total. The van der Waals surface area contributed by atoms with Gasteiger partial charge in [0.25, 0.3) is 10.0 Å². The summed E-state index contributed by atoms with van der Waals surface area (Å²) in [6.07, 6.45) is 3.36. The molecule has 12 heteroatoms. The van der Waals surface area contributed by atoms with Crippen LogP contribution in [0.1, 0.15) is 82.4 Å². The van der Waals surface area contributed by atoms with Crippen LogP contribution in [0.2, 0.25) is 0 Å². The molecule has 2 aromatic carbocycles. The molecule has 4 rings (SSSR count). The lowest BCUT2D eigenvalue weighted by Gasteiger charge is -2.29. The number of carbonyl (C=O) groups is 2. The number of halogens is 3. The Balaban J connectivity index is 1.34. The zero-order chi connectivity index (χ0) is 32.1. The number of hydroxylamine groups is 1. The Hall–Kier alpha value is -3.12. The fourth-order valence-corrected chi connectivity index (χ4v) is 7.53. The van der Waals surface area contributed by atoms with E-state index in [9.17, 15) is 31.2 Å². The third kappa shape index (κ3) is 8.74. The fourth-order valence-electron chi connectivity index (χ4n) is 6.37. The maximum absolute atomic E-state index is 13.3. The number of para-hydroxylation sites is 1. The van der Waals surface area contributed by atoms with Crippen LogP contribution in [0.25, 0.3) is 0 Å². The highest BCUT2D eigenvalue weighted by molar-refractivity contribution is 7.92. The van der Waals surface area contributed by atoms with E-state index in [0.717, 1.165) is 12.3 Å². The lowest BCUT2D eigenvalue weighted by molar-refractivity contribution is -0.186. The molecule has 0 unspecified atom stereocenters. The van der Waals surface area contributed by atoms with Gasteiger partial charge >= 0.3 is 18.1 Å². The number of carbonyl (C=O) groups excluding carboxylic acids is 2. The Morgan fingerprint density at radius 2 is 1.75 bits per heavy atom. The van der Waals surface area contributed by atoms with Gasteiger partial charge in [0.2, 0.25) is 0 Å². The number of alkyl halides is 3. The van der Waals surface area contributed by atoms with Crippen LogP contribution in [0.15, 0.2) is 47.4 Å². The van der Waals surface area contributed by atoms with Crippen molar-refractivity contribution in [2.75, 3.05) is 11.3 Å². The minimum absolute atomic E-state index is 0.0508. The summed E-state index contributed by atoms with van der Waals surface area (Å²) in [4.78, 5) is 30.6. The molecule has 0 bridgehead atoms. The van der Waals surface area contributed by atoms with Gasteiger partial charge in [-0.05, 0) is 79.8 Å². The highest BCUT2D eigenvalue weighted by Gasteiger charge is 2.43. The van der Waals surface area contributed by atoms with Gasteiger partial charge in [-0.15, -0.1) is 5.48 Å². The van der Waals surface area contributed by atoms with E-state index >= 15 is 0 Å². The summed E-state index contributed by atoms with van der Waals surface area (Å²) in [6.45, 7) is 5.59. The first kappa shape index (κ1) is 33.8. The second-order valence-electron chi connectivity index (χ2n) is 12.8. The average Bonchev–Trinajstić information content (AvgIpc) is 2.96. The van der Waals surface area contributed by atoms with Gasteiger partial charge in [-0.25, -0.2) is 13.2 Å². The molecule has 44 heavy (non-hydrogen) atoms. The summed E-state index contributed by atoms with van der Waals surface area (Å²) in [6, 6.07) is 10.9. The lowest BCUT2D eigenvalue weighted by Crippen LogP contribution is -2.43. The van der Waals surface area contributed by atoms with Gasteiger partial charge in [-0.1, -0.05) is 63.3 Å². The number of nitrogens with zero attached hydrogens (tertiary/aromatic N) is 1. The summed E-state index contributed by atoms with van der Waals surface area (Å²) in [7, 11) is -4.06. The Kier molecular flexibility index (Phi) is 10.7. The molecule has 1 atom stereocenters. The van der Waals surface area contributed by atoms with Gasteiger partial charge < -0.3 is 9.74 Å². The number of nitrogens with one attached hydrogen (secondary N) is 2. The Bertz CT molecular complexity index is 1440. The number of fused-ring (bicyclic) bond motifs is 1. The molecule has 1 aliphatic heterocycles. The molecule has 1 heterocycles. The van der Waals surface area contributed by atoms with Crippen LogP contribution in [0.3, 0.4) is 0 Å². The first-order valence-electron chi connectivity index (χ1n) is 15.2. The summed E-state index contributed by atoms with van der Waals surface area (Å²) in [5.74, 6) is -1.17. The normalized spacial score (nSPS) is 17.1. The topological polar surface area (TPSA) is 105 Å². The maximum atomic E-state index is 13.3. The predicted octanol–water partition coefficient (Wildman–Crippen LogP) is 6.51. The smallest absolute Gasteiger partial charge is 0.370 e. The second-order valence-corrected chi connectivity index (χ2v) is 14.5. The van der Waals surface area contributed by atoms with Crippen molar-refractivity contribution in [2.45, 2.75) is 96.3 Å². The SMILES string of the molecule is C[C@@H](CC1CCCCC1)CC(C)(C)C(=O)ONCc1ccccc1NS(=O)(=O)c1ccc2c(c1)CCN(C(=O)C(F)(F)F)C2. The molecular weight excluding hydrogens is 595 g/mol. The number of amides is 1. The van der Waals surface area contributed by atoms with Gasteiger partial charge in [0.1, 0.15) is 0 Å². The highest BCUT2D eigenvalue weighted by atomic mass is 32.2. The van der Waals surface area contributed by atoms with Crippen molar-refractivity contribution in [3.05, 3.63) is 59.2 Å². The molecule has 1 amide bonds. The standard InChI is InChI=1S/C32H42F3N3O5S/c1-22(17-23-9-5-4-6-10-23)19-31(2,3)30(40)43-36-20-25-11-7-8-12-28(25)37-44(41,42)27-14-13-26-21-38(16-15-24(26)18-27)29(39)32(33,34)35/h7-8,11-14,18,22-23,36-37H,4-6,9-10,15-17,19-21H2,1-3H3/t22-/m0/s1. The number of sulfonamides is 1. The second kappa shape index (κ2) is 13.9. The van der Waals surface area contributed by atoms with E-state index in [4.69, 9.17) is 4.84 Å². The van der Waals surface area contributed by atoms with Gasteiger partial charge in [0, 0.05) is 13.1 Å². The monoisotopic (exact) mass is 637 g/mol. The minimum atomic E-state index is -4.96. The summed E-state index contributed by atoms with van der Waals surface area (Å²) < 4.78 is 67.7. The predicted molar refractivity (Wildman–Crippen MR) is 161 cm³/mol. The molecule has 2 aliphatic rings. The van der Waals surface area contributed by atoms with Crippen LogP contribution in [-0.4, -0.2) is 37.9 Å². The highest BCUT2D eigenvalue weighted by Crippen LogP contribution is 2.35. The van der Waals surface area contributed by atoms with Crippen LogP contribution in [0, 0.1) is 17.3 Å². The summed E-state index contributed by atoms with van der Waals surface area (Å²) >= 11 is 0. The molecule has 0 spiro atoms. The van der Waals surface area contributed by atoms with E-state index in [2.05, 4.69) is 17.1 Å². The Labute approximate surface area is 257 Å². The quantitative estimate of drug-likeness (QED) is 0.273. The molecule has 1 saturated carbocycles. The van der Waals surface area contributed by atoms with E-state index in [1.165, 1.54) is 50.3 Å². The third-order valence-electron chi connectivity index (χ3n) is 8.59. The van der Waals surface area contributed by atoms with Gasteiger partial charge in [0.15, 0.2) is 0 Å². The van der Waals surface area contributed by atoms with Crippen molar-refractivity contribution in [3.8, 4) is 0 Å². The van der Waals surface area contributed by atoms with Crippen molar-refractivity contribution in [1.82, 2.24) is 10.4 Å². The van der Waals surface area contributed by atoms with E-state index in [1.54, 1.807) is 24.3 Å². The molecule has 1 aliphatic carbocycles. The number of benzene rings is 2. The molecule has 0 aromatic heterocycles. The van der Waals surface area contributed by atoms with Gasteiger partial charge in [-0.2, -0.15) is 13.2 Å². The molecule has 242 valence electrons. The lowest BCUT2D eigenvalue weighted by atomic mass is 9.77. The Morgan fingerprint density at radius 1 is 1.05 bits per heavy atom. The molecule has 8 nitrogen and oxygen atoms in total. The fraction of sp³-hybridized carbons (Fsp3) is 0.562. The van der Waals surface area contributed by atoms with Crippen LogP contribution in [0.5, 0.6) is 0 Å². The molecule has 1 fully saturated rings. The first-order chi connectivity index (χ1) is 20.7. The summed E-state index contributed by atoms with van der Waals surface area (Å²) in [5.41, 5.74) is 3.87. The minimum Gasteiger partial charge on any atom is -0.370 e. The molecule has 2 aromatic rings. The van der Waals surface area contributed by atoms with Crippen LogP contribution in [0.4, 0.5) is 18.9 Å². The van der Waals surface area contributed by atoms with E-state index in [0.29, 0.717) is 33.9 Å². The average molecular weight is 638 g/mol. The van der Waals surface area contributed by atoms with Crippen molar-refractivity contribution >= 4 is 27.6 Å². The third-order valence-corrected chi connectivity index (χ3v) is 9.95. The zero-order valence-corrected chi connectivity index (χ0v) is 26.3. The van der Waals surface area contributed by atoms with E-state index < -0.39 is 27.5 Å². The molecule has 0 radical (unpaired) electrons. The number of rotatable bonds is 11. The van der Waals surface area contributed by atoms with Gasteiger partial charge in [-0.3, -0.25) is 9.52 Å². The number of hydrogen-bond acceptors (Lipinski definition) is 6. The first-order valence-corrected chi connectivity index (χ1v) is 16.7. The summed E-state index contributed by atoms with van der Waals surface area (Å²) in [5, 5.41) is 0. The number of hydrogen-bond donors (Lipinski definition) is 2. The van der Waals surface area contributed by atoms with Crippen LogP contribution in [-0.2, 0) is 44.0 Å². The van der Waals surface area contributed by atoms with Crippen molar-refractivity contribution < 1.29 is 36.0 Å². The maximum Gasteiger partial charge on any atom is 0.471 e. The molecular formula is C32H42F3N3O5S. The van der Waals surface area contributed by atoms with Crippen LogP contribution < -0.4 is 10.2 Å². The van der Waals surface area contributed by atoms with Crippen molar-refractivity contribution in [3.63, 3.8) is 0 Å². The largest absolute Gasteiger partial charge is 0.471 e. The van der Waals surface area contributed by atoms with Crippen molar-refractivity contribution in [1.29, 1.82) is 0 Å². The van der Waals surface area contributed by atoms with Gasteiger partial charge in [0.05, 0.1) is 22.5 Å². The van der Waals surface area contributed by atoms with Crippen molar-refractivity contribution in [2.24, 2.45) is 17.3 Å². The van der Waals surface area contributed by atoms with Crippen LogP contribution >= 0.6 is 0 Å². The Morgan fingerprint density at radius 3 is 2.45 bits per heavy atom. The van der Waals surface area contributed by atoms with E-state index in [1.807, 2.05) is 13.8 Å². The van der Waals surface area contributed by atoms with E-state index in [-0.39, 0.29) is 42.6 Å². The number of anilines is 1. The molecule has 0 saturated heterocycles. The zero-order valence-electron chi connectivity index (χ0n) is 25.5.